The molecule has 140 valence electrons. The van der Waals surface area contributed by atoms with E-state index in [9.17, 15) is 13.6 Å². The van der Waals surface area contributed by atoms with Crippen LogP contribution in [0, 0.1) is 5.92 Å². The van der Waals surface area contributed by atoms with Crippen LogP contribution in [0.3, 0.4) is 0 Å². The van der Waals surface area contributed by atoms with Gasteiger partial charge < -0.3 is 14.1 Å². The van der Waals surface area contributed by atoms with Crippen LogP contribution < -0.4 is 0 Å². The molecule has 1 aromatic heterocycles. The molecule has 6 nitrogen and oxygen atoms in total. The predicted octanol–water partition coefficient (Wildman–Crippen LogP) is 2.79. The first-order valence-electron chi connectivity index (χ1n) is 9.04. The van der Waals surface area contributed by atoms with Crippen molar-refractivity contribution in [1.82, 2.24) is 15.1 Å². The third-order valence-corrected chi connectivity index (χ3v) is 5.37. The lowest BCUT2D eigenvalue weighted by Crippen LogP contribution is -2.55. The molecule has 25 heavy (non-hydrogen) atoms. The van der Waals surface area contributed by atoms with Gasteiger partial charge in [-0.15, -0.1) is 10.2 Å². The maximum atomic E-state index is 14.8. The number of ether oxygens (including phenoxy) is 1. The van der Waals surface area contributed by atoms with Gasteiger partial charge >= 0.3 is 5.92 Å². The molecule has 1 amide bonds. The minimum Gasteiger partial charge on any atom is -0.425 e. The van der Waals surface area contributed by atoms with E-state index in [1.807, 2.05) is 6.92 Å². The van der Waals surface area contributed by atoms with Gasteiger partial charge in [-0.1, -0.05) is 6.92 Å². The van der Waals surface area contributed by atoms with Crippen molar-refractivity contribution in [3.05, 3.63) is 11.8 Å². The largest absolute Gasteiger partial charge is 0.425 e. The number of carbonyl (C=O) groups excluding carboxylic acids is 1. The van der Waals surface area contributed by atoms with Gasteiger partial charge in [0.1, 0.15) is 0 Å². The van der Waals surface area contributed by atoms with Gasteiger partial charge in [-0.2, -0.15) is 8.78 Å². The molecule has 2 saturated heterocycles. The van der Waals surface area contributed by atoms with Crippen molar-refractivity contribution in [2.24, 2.45) is 5.92 Å². The summed E-state index contributed by atoms with van der Waals surface area (Å²) in [5.41, 5.74) is 0. The minimum absolute atomic E-state index is 0.198. The number of alkyl halides is 2. The first-order valence-corrected chi connectivity index (χ1v) is 9.04. The van der Waals surface area contributed by atoms with Gasteiger partial charge in [0.2, 0.25) is 11.8 Å². The zero-order valence-electron chi connectivity index (χ0n) is 14.7. The molecule has 2 aliphatic heterocycles. The Labute approximate surface area is 145 Å². The highest BCUT2D eigenvalue weighted by molar-refractivity contribution is 5.84. The van der Waals surface area contributed by atoms with E-state index in [0.29, 0.717) is 31.2 Å². The SMILES string of the molecule is CCc1nnc([C@H]2CCCN(C(=O)C(F)(F)C3CCOCC3)[C@H]2C)o1. The van der Waals surface area contributed by atoms with Crippen LogP contribution >= 0.6 is 0 Å². The molecular weight excluding hydrogens is 332 g/mol. The van der Waals surface area contributed by atoms with Gasteiger partial charge in [0.25, 0.3) is 5.91 Å². The van der Waals surface area contributed by atoms with Crippen molar-refractivity contribution in [3.8, 4) is 0 Å². The van der Waals surface area contributed by atoms with Crippen molar-refractivity contribution in [3.63, 3.8) is 0 Å². The van der Waals surface area contributed by atoms with Gasteiger partial charge in [-0.05, 0) is 32.6 Å². The third-order valence-electron chi connectivity index (χ3n) is 5.37. The maximum absolute atomic E-state index is 14.8. The quantitative estimate of drug-likeness (QED) is 0.829. The van der Waals surface area contributed by atoms with E-state index in [1.165, 1.54) is 4.90 Å². The lowest BCUT2D eigenvalue weighted by atomic mass is 9.87. The van der Waals surface area contributed by atoms with E-state index >= 15 is 0 Å². The zero-order chi connectivity index (χ0) is 18.0. The Morgan fingerprint density at radius 1 is 1.28 bits per heavy atom. The van der Waals surface area contributed by atoms with Crippen molar-refractivity contribution in [2.75, 3.05) is 19.8 Å². The molecule has 1 aromatic rings. The highest BCUT2D eigenvalue weighted by Gasteiger charge is 2.51. The summed E-state index contributed by atoms with van der Waals surface area (Å²) in [6, 6.07) is -0.392. The molecule has 0 saturated carbocycles. The summed E-state index contributed by atoms with van der Waals surface area (Å²) in [6.45, 7) is 4.61. The first kappa shape index (κ1) is 18.2. The van der Waals surface area contributed by atoms with Crippen molar-refractivity contribution in [2.45, 2.75) is 63.8 Å². The van der Waals surface area contributed by atoms with Crippen molar-refractivity contribution >= 4 is 5.91 Å². The number of rotatable bonds is 4. The Morgan fingerprint density at radius 3 is 2.64 bits per heavy atom. The van der Waals surface area contributed by atoms with E-state index in [2.05, 4.69) is 10.2 Å². The fourth-order valence-electron chi connectivity index (χ4n) is 3.75. The Morgan fingerprint density at radius 2 is 2.00 bits per heavy atom. The molecule has 0 unspecified atom stereocenters. The molecule has 0 bridgehead atoms. The number of carbonyl (C=O) groups is 1. The van der Waals surface area contributed by atoms with Crippen molar-refractivity contribution in [1.29, 1.82) is 0 Å². The summed E-state index contributed by atoms with van der Waals surface area (Å²) < 4.78 is 40.3. The molecule has 2 aliphatic rings. The second kappa shape index (κ2) is 7.35. The standard InChI is InChI=1S/C17H25F2N3O3/c1-3-14-20-21-15(25-14)13-5-4-8-22(11(13)2)16(23)17(18,19)12-6-9-24-10-7-12/h11-13H,3-10H2,1-2H3/t11-,13-/m0/s1. The fraction of sp³-hybridized carbons (Fsp3) is 0.824. The van der Waals surface area contributed by atoms with Gasteiger partial charge in [-0.3, -0.25) is 4.79 Å². The molecule has 8 heteroatoms. The van der Waals surface area contributed by atoms with Crippen LogP contribution in [0.15, 0.2) is 4.42 Å². The fourth-order valence-corrected chi connectivity index (χ4v) is 3.75. The van der Waals surface area contributed by atoms with Crippen LogP contribution in [-0.4, -0.2) is 52.7 Å². The molecule has 0 spiro atoms. The average molecular weight is 357 g/mol. The van der Waals surface area contributed by atoms with Gasteiger partial charge in [0, 0.05) is 38.1 Å². The number of aryl methyl sites for hydroxylation is 1. The highest BCUT2D eigenvalue weighted by atomic mass is 19.3. The average Bonchev–Trinajstić information content (AvgIpc) is 3.11. The summed E-state index contributed by atoms with van der Waals surface area (Å²) >= 11 is 0. The first-order chi connectivity index (χ1) is 11.9. The summed E-state index contributed by atoms with van der Waals surface area (Å²) in [7, 11) is 0. The van der Waals surface area contributed by atoms with Crippen LogP contribution in [-0.2, 0) is 16.0 Å². The Hall–Kier alpha value is -1.57. The number of nitrogens with zero attached hydrogens (tertiary/aromatic N) is 3. The number of aromatic nitrogens is 2. The molecule has 2 fully saturated rings. The van der Waals surface area contributed by atoms with E-state index in [1.54, 1.807) is 6.92 Å². The van der Waals surface area contributed by atoms with E-state index in [-0.39, 0.29) is 32.0 Å². The Balaban J connectivity index is 1.75. The minimum atomic E-state index is -3.36. The predicted molar refractivity (Wildman–Crippen MR) is 85.3 cm³/mol. The molecule has 0 radical (unpaired) electrons. The molecule has 2 atom stereocenters. The highest BCUT2D eigenvalue weighted by Crippen LogP contribution is 2.38. The number of piperidine rings is 1. The van der Waals surface area contributed by atoms with Gasteiger partial charge in [0.15, 0.2) is 0 Å². The van der Waals surface area contributed by atoms with Crippen LogP contribution in [0.2, 0.25) is 0 Å². The number of halogens is 2. The molecule has 0 aromatic carbocycles. The summed E-state index contributed by atoms with van der Waals surface area (Å²) in [5.74, 6) is -4.61. The summed E-state index contributed by atoms with van der Waals surface area (Å²) in [4.78, 5) is 13.9. The molecule has 0 N–H and O–H groups in total. The maximum Gasteiger partial charge on any atom is 0.327 e. The number of likely N-dealkylation sites (tertiary alicyclic amines) is 1. The van der Waals surface area contributed by atoms with Crippen LogP contribution in [0.1, 0.15) is 57.2 Å². The summed E-state index contributed by atoms with van der Waals surface area (Å²) in [6.07, 6.45) is 2.45. The zero-order valence-corrected chi connectivity index (χ0v) is 14.7. The smallest absolute Gasteiger partial charge is 0.327 e. The van der Waals surface area contributed by atoms with Gasteiger partial charge in [-0.25, -0.2) is 0 Å². The Kier molecular flexibility index (Phi) is 5.36. The topological polar surface area (TPSA) is 68.5 Å². The molecule has 3 heterocycles. The summed E-state index contributed by atoms with van der Waals surface area (Å²) in [5, 5.41) is 8.00. The normalized spacial score (nSPS) is 26.0. The Bertz CT molecular complexity index is 602. The molecule has 3 rings (SSSR count). The lowest BCUT2D eigenvalue weighted by Gasteiger charge is -2.41. The van der Waals surface area contributed by atoms with E-state index < -0.39 is 23.8 Å². The second-order valence-corrected chi connectivity index (χ2v) is 6.89. The van der Waals surface area contributed by atoms with Crippen LogP contribution in [0.25, 0.3) is 0 Å². The molecular formula is C17H25F2N3O3. The van der Waals surface area contributed by atoms with Crippen LogP contribution in [0.4, 0.5) is 8.78 Å². The third kappa shape index (κ3) is 3.54. The van der Waals surface area contributed by atoms with Crippen molar-refractivity contribution < 1.29 is 22.7 Å². The van der Waals surface area contributed by atoms with E-state index in [4.69, 9.17) is 9.15 Å². The number of hydrogen-bond acceptors (Lipinski definition) is 5. The number of hydrogen-bond donors (Lipinski definition) is 0. The second-order valence-electron chi connectivity index (χ2n) is 6.89. The van der Waals surface area contributed by atoms with Gasteiger partial charge in [0.05, 0.1) is 5.92 Å². The molecule has 0 aliphatic carbocycles. The van der Waals surface area contributed by atoms with E-state index in [0.717, 1.165) is 6.42 Å². The lowest BCUT2D eigenvalue weighted by molar-refractivity contribution is -0.175. The van der Waals surface area contributed by atoms with Crippen LogP contribution in [0.5, 0.6) is 0 Å². The monoisotopic (exact) mass is 357 g/mol. The number of amides is 1.